The number of nitrogens with one attached hydrogen (secondary N) is 1. The van der Waals surface area contributed by atoms with Crippen molar-refractivity contribution in [3.05, 3.63) is 0 Å². The van der Waals surface area contributed by atoms with Gasteiger partial charge in [0.15, 0.2) is 0 Å². The van der Waals surface area contributed by atoms with Gasteiger partial charge in [-0.05, 0) is 38.8 Å². The van der Waals surface area contributed by atoms with Crippen molar-refractivity contribution in [2.45, 2.75) is 38.1 Å². The van der Waals surface area contributed by atoms with Gasteiger partial charge in [0.1, 0.15) is 0 Å². The third kappa shape index (κ3) is 5.00. The maximum absolute atomic E-state index is 12.0. The third-order valence-corrected chi connectivity index (χ3v) is 5.42. The van der Waals surface area contributed by atoms with Gasteiger partial charge in [-0.1, -0.05) is 6.42 Å². The predicted octanol–water partition coefficient (Wildman–Crippen LogP) is -0.270. The molecule has 1 heterocycles. The van der Waals surface area contributed by atoms with E-state index in [1.807, 2.05) is 0 Å². The smallest absolute Gasteiger partial charge is 0.279 e. The topological polar surface area (TPSA) is 78.7 Å². The maximum Gasteiger partial charge on any atom is 0.279 e. The van der Waals surface area contributed by atoms with Crippen LogP contribution in [0.1, 0.15) is 32.1 Å². The number of unbranched alkanes of at least 4 members (excludes halogenated alkanes) is 2. The highest BCUT2D eigenvalue weighted by atomic mass is 32.2. The molecular formula is C12H26N4O2S. The molecular weight excluding hydrogens is 264 g/mol. The number of rotatable bonds is 8. The van der Waals surface area contributed by atoms with Gasteiger partial charge in [-0.2, -0.15) is 17.4 Å². The fourth-order valence-corrected chi connectivity index (χ4v) is 3.79. The van der Waals surface area contributed by atoms with Crippen LogP contribution < -0.4 is 10.5 Å². The SMILES string of the molecule is NCCCCCN1CCN(S(=O)(=O)NC2CC2)CC1. The van der Waals surface area contributed by atoms with E-state index >= 15 is 0 Å². The molecule has 19 heavy (non-hydrogen) atoms. The third-order valence-electron chi connectivity index (χ3n) is 3.74. The van der Waals surface area contributed by atoms with Crippen LogP contribution in [0.5, 0.6) is 0 Å². The van der Waals surface area contributed by atoms with Crippen LogP contribution in [0.25, 0.3) is 0 Å². The van der Waals surface area contributed by atoms with Gasteiger partial charge in [0.2, 0.25) is 0 Å². The van der Waals surface area contributed by atoms with E-state index in [9.17, 15) is 8.42 Å². The van der Waals surface area contributed by atoms with Crippen molar-refractivity contribution in [2.75, 3.05) is 39.3 Å². The second-order valence-electron chi connectivity index (χ2n) is 5.49. The second-order valence-corrected chi connectivity index (χ2v) is 7.19. The summed E-state index contributed by atoms with van der Waals surface area (Å²) in [5.74, 6) is 0. The van der Waals surface area contributed by atoms with Gasteiger partial charge in [0, 0.05) is 32.2 Å². The molecule has 0 spiro atoms. The Bertz CT molecular complexity index is 362. The van der Waals surface area contributed by atoms with Crippen LogP contribution in [-0.4, -0.2) is 62.9 Å². The van der Waals surface area contributed by atoms with E-state index in [2.05, 4.69) is 9.62 Å². The predicted molar refractivity (Wildman–Crippen MR) is 76.0 cm³/mol. The highest BCUT2D eigenvalue weighted by Gasteiger charge is 2.32. The van der Waals surface area contributed by atoms with Crippen molar-refractivity contribution >= 4 is 10.2 Å². The van der Waals surface area contributed by atoms with Crippen LogP contribution in [0, 0.1) is 0 Å². The monoisotopic (exact) mass is 290 g/mol. The molecule has 2 aliphatic rings. The molecule has 3 N–H and O–H groups in total. The first kappa shape index (κ1) is 15.2. The summed E-state index contributed by atoms with van der Waals surface area (Å²) in [7, 11) is -3.23. The molecule has 0 aromatic heterocycles. The number of nitrogens with zero attached hydrogens (tertiary/aromatic N) is 2. The fourth-order valence-electron chi connectivity index (χ4n) is 2.34. The van der Waals surface area contributed by atoms with E-state index in [1.165, 1.54) is 0 Å². The molecule has 0 radical (unpaired) electrons. The van der Waals surface area contributed by atoms with Crippen LogP contribution in [0.2, 0.25) is 0 Å². The molecule has 1 saturated carbocycles. The number of nitrogens with two attached hydrogens (primary N) is 1. The Labute approximate surface area is 116 Å². The van der Waals surface area contributed by atoms with Crippen LogP contribution in [-0.2, 0) is 10.2 Å². The molecule has 1 aliphatic heterocycles. The summed E-state index contributed by atoms with van der Waals surface area (Å²) in [4.78, 5) is 2.35. The largest absolute Gasteiger partial charge is 0.330 e. The van der Waals surface area contributed by atoms with Gasteiger partial charge in [-0.25, -0.2) is 0 Å². The molecule has 0 amide bonds. The number of hydrogen-bond donors (Lipinski definition) is 2. The molecule has 0 aromatic rings. The standard InChI is InChI=1S/C12H26N4O2S/c13-6-2-1-3-7-15-8-10-16(11-9-15)19(17,18)14-12-4-5-12/h12,14H,1-11,13H2. The summed E-state index contributed by atoms with van der Waals surface area (Å²) in [6.07, 6.45) is 5.38. The highest BCUT2D eigenvalue weighted by molar-refractivity contribution is 7.87. The van der Waals surface area contributed by atoms with Gasteiger partial charge in [0.05, 0.1) is 0 Å². The van der Waals surface area contributed by atoms with Gasteiger partial charge in [-0.3, -0.25) is 0 Å². The van der Waals surface area contributed by atoms with E-state index in [0.717, 1.165) is 58.3 Å². The zero-order valence-electron chi connectivity index (χ0n) is 11.6. The Hall–Kier alpha value is -0.210. The molecule has 2 rings (SSSR count). The Morgan fingerprint density at radius 2 is 1.74 bits per heavy atom. The first-order valence-electron chi connectivity index (χ1n) is 7.31. The highest BCUT2D eigenvalue weighted by Crippen LogP contribution is 2.21. The first-order valence-corrected chi connectivity index (χ1v) is 8.75. The molecule has 0 atom stereocenters. The van der Waals surface area contributed by atoms with E-state index in [4.69, 9.17) is 5.73 Å². The minimum Gasteiger partial charge on any atom is -0.330 e. The fraction of sp³-hybridized carbons (Fsp3) is 1.00. The zero-order chi connectivity index (χ0) is 13.7. The van der Waals surface area contributed by atoms with E-state index in [0.29, 0.717) is 13.1 Å². The van der Waals surface area contributed by atoms with Crippen LogP contribution in [0.3, 0.4) is 0 Å². The lowest BCUT2D eigenvalue weighted by Crippen LogP contribution is -2.52. The Kier molecular flexibility index (Phi) is 5.58. The zero-order valence-corrected chi connectivity index (χ0v) is 12.4. The lowest BCUT2D eigenvalue weighted by Gasteiger charge is -2.33. The van der Waals surface area contributed by atoms with Crippen molar-refractivity contribution in [1.29, 1.82) is 0 Å². The number of piperazine rings is 1. The average molecular weight is 290 g/mol. The summed E-state index contributed by atoms with van der Waals surface area (Å²) in [6.45, 7) is 4.73. The second kappa shape index (κ2) is 6.99. The minimum atomic E-state index is -3.23. The summed E-state index contributed by atoms with van der Waals surface area (Å²) >= 11 is 0. The lowest BCUT2D eigenvalue weighted by atomic mass is 10.2. The first-order chi connectivity index (χ1) is 9.12. The summed E-state index contributed by atoms with van der Waals surface area (Å²) < 4.78 is 28.4. The summed E-state index contributed by atoms with van der Waals surface area (Å²) in [5, 5.41) is 0. The van der Waals surface area contributed by atoms with Crippen molar-refractivity contribution in [1.82, 2.24) is 13.9 Å². The maximum atomic E-state index is 12.0. The van der Waals surface area contributed by atoms with Crippen LogP contribution >= 0.6 is 0 Å². The molecule has 0 unspecified atom stereocenters. The van der Waals surface area contributed by atoms with E-state index in [1.54, 1.807) is 4.31 Å². The minimum absolute atomic E-state index is 0.194. The van der Waals surface area contributed by atoms with Crippen LogP contribution in [0.4, 0.5) is 0 Å². The molecule has 1 aliphatic carbocycles. The van der Waals surface area contributed by atoms with Crippen molar-refractivity contribution in [3.63, 3.8) is 0 Å². The molecule has 112 valence electrons. The Morgan fingerprint density at radius 3 is 2.32 bits per heavy atom. The quantitative estimate of drug-likeness (QED) is 0.603. The molecule has 0 bridgehead atoms. The lowest BCUT2D eigenvalue weighted by molar-refractivity contribution is 0.184. The number of hydrogen-bond acceptors (Lipinski definition) is 4. The van der Waals surface area contributed by atoms with Gasteiger partial charge in [0.25, 0.3) is 10.2 Å². The van der Waals surface area contributed by atoms with Crippen LogP contribution in [0.15, 0.2) is 0 Å². The summed E-state index contributed by atoms with van der Waals surface area (Å²) in [5.41, 5.74) is 5.46. The molecule has 2 fully saturated rings. The van der Waals surface area contributed by atoms with Gasteiger partial charge < -0.3 is 10.6 Å². The van der Waals surface area contributed by atoms with Crippen molar-refractivity contribution < 1.29 is 8.42 Å². The van der Waals surface area contributed by atoms with Gasteiger partial charge >= 0.3 is 0 Å². The molecule has 6 nitrogen and oxygen atoms in total. The van der Waals surface area contributed by atoms with Crippen molar-refractivity contribution in [3.8, 4) is 0 Å². The Morgan fingerprint density at radius 1 is 1.05 bits per heavy atom. The summed E-state index contributed by atoms with van der Waals surface area (Å²) in [6, 6.07) is 0.194. The molecule has 0 aromatic carbocycles. The normalized spacial score (nSPS) is 22.8. The van der Waals surface area contributed by atoms with E-state index < -0.39 is 10.2 Å². The molecule has 7 heteroatoms. The molecule has 1 saturated heterocycles. The van der Waals surface area contributed by atoms with Crippen molar-refractivity contribution in [2.24, 2.45) is 5.73 Å². The Balaban J connectivity index is 1.66. The average Bonchev–Trinajstić information content (AvgIpc) is 3.18. The van der Waals surface area contributed by atoms with E-state index in [-0.39, 0.29) is 6.04 Å². The van der Waals surface area contributed by atoms with Gasteiger partial charge in [-0.15, -0.1) is 0 Å².